The predicted molar refractivity (Wildman–Crippen MR) is 83.3 cm³/mol. The van der Waals surface area contributed by atoms with E-state index in [0.717, 1.165) is 0 Å². The van der Waals surface area contributed by atoms with Gasteiger partial charge in [0.1, 0.15) is 5.54 Å². The van der Waals surface area contributed by atoms with Crippen LogP contribution < -0.4 is 10.6 Å². The second-order valence-electron chi connectivity index (χ2n) is 5.44. The molecular weight excluding hydrogens is 282 g/mol. The van der Waals surface area contributed by atoms with Gasteiger partial charge in [-0.25, -0.2) is 4.79 Å². The molecule has 6 nitrogen and oxygen atoms in total. The van der Waals surface area contributed by atoms with E-state index in [1.54, 1.807) is 31.2 Å². The highest BCUT2D eigenvalue weighted by Gasteiger charge is 2.29. The molecule has 0 radical (unpaired) electrons. The molecule has 0 unspecified atom stereocenters. The molecule has 0 saturated heterocycles. The summed E-state index contributed by atoms with van der Waals surface area (Å²) in [5, 5.41) is 14.8. The Morgan fingerprint density at radius 2 is 1.91 bits per heavy atom. The van der Waals surface area contributed by atoms with E-state index in [-0.39, 0.29) is 18.4 Å². The maximum Gasteiger partial charge on any atom is 0.337 e. The Hall–Kier alpha value is -2.55. The Kier molecular flexibility index (Phi) is 5.93. The van der Waals surface area contributed by atoms with Gasteiger partial charge in [-0.15, -0.1) is 0 Å². The number of benzene rings is 1. The van der Waals surface area contributed by atoms with Crippen LogP contribution in [0.25, 0.3) is 0 Å². The molecule has 0 fully saturated rings. The molecule has 1 aromatic carbocycles. The molecule has 0 heterocycles. The summed E-state index contributed by atoms with van der Waals surface area (Å²) >= 11 is 0. The molecule has 1 atom stereocenters. The van der Waals surface area contributed by atoms with Gasteiger partial charge in [0, 0.05) is 5.69 Å². The minimum absolute atomic E-state index is 0.000731. The molecule has 0 aliphatic heterocycles. The lowest BCUT2D eigenvalue weighted by Gasteiger charge is -2.27. The van der Waals surface area contributed by atoms with Gasteiger partial charge < -0.3 is 15.4 Å². The Bertz CT molecular complexity index is 575. The molecule has 118 valence electrons. The Morgan fingerprint density at radius 1 is 1.32 bits per heavy atom. The van der Waals surface area contributed by atoms with E-state index in [9.17, 15) is 9.59 Å². The summed E-state index contributed by atoms with van der Waals surface area (Å²) in [6, 6.07) is 8.72. The Labute approximate surface area is 130 Å². The third-order valence-corrected chi connectivity index (χ3v) is 3.55. The quantitative estimate of drug-likeness (QED) is 0.784. The standard InChI is InChI=1S/C16H21N3O3/c1-11(2)16(3,10-17)19-14(20)9-18-13-7-5-12(6-8-13)15(21)22-4/h5-8,11,18H,9H2,1-4H3,(H,19,20)/t16-/m0/s1. The van der Waals surface area contributed by atoms with Crippen LogP contribution in [0.5, 0.6) is 0 Å². The number of amides is 1. The van der Waals surface area contributed by atoms with Crippen LogP contribution in [0.3, 0.4) is 0 Å². The number of nitrogens with one attached hydrogen (secondary N) is 2. The van der Waals surface area contributed by atoms with Crippen LogP contribution in [0.1, 0.15) is 31.1 Å². The zero-order valence-electron chi connectivity index (χ0n) is 13.3. The first kappa shape index (κ1) is 17.5. The second-order valence-corrected chi connectivity index (χ2v) is 5.44. The van der Waals surface area contributed by atoms with Gasteiger partial charge in [0.05, 0.1) is 25.3 Å². The molecule has 1 amide bonds. The summed E-state index contributed by atoms with van der Waals surface area (Å²) in [7, 11) is 1.32. The monoisotopic (exact) mass is 303 g/mol. The fourth-order valence-electron chi connectivity index (χ4n) is 1.66. The van der Waals surface area contributed by atoms with Gasteiger partial charge in [-0.3, -0.25) is 4.79 Å². The number of nitrogens with zero attached hydrogens (tertiary/aromatic N) is 1. The molecule has 1 aromatic rings. The van der Waals surface area contributed by atoms with Crippen LogP contribution in [-0.4, -0.2) is 31.1 Å². The fourth-order valence-corrected chi connectivity index (χ4v) is 1.66. The lowest BCUT2D eigenvalue weighted by molar-refractivity contribution is -0.121. The molecule has 22 heavy (non-hydrogen) atoms. The smallest absolute Gasteiger partial charge is 0.337 e. The topological polar surface area (TPSA) is 91.2 Å². The molecule has 0 saturated carbocycles. The molecular formula is C16H21N3O3. The third-order valence-electron chi connectivity index (χ3n) is 3.55. The van der Waals surface area contributed by atoms with Crippen molar-refractivity contribution in [1.82, 2.24) is 5.32 Å². The van der Waals surface area contributed by atoms with Crippen molar-refractivity contribution >= 4 is 17.6 Å². The average molecular weight is 303 g/mol. The normalized spacial score (nSPS) is 12.9. The number of ether oxygens (including phenoxy) is 1. The average Bonchev–Trinajstić information content (AvgIpc) is 2.52. The van der Waals surface area contributed by atoms with Crippen LogP contribution in [0.15, 0.2) is 24.3 Å². The zero-order chi connectivity index (χ0) is 16.8. The van der Waals surface area contributed by atoms with Crippen molar-refractivity contribution in [2.45, 2.75) is 26.3 Å². The lowest BCUT2D eigenvalue weighted by atomic mass is 9.90. The zero-order valence-corrected chi connectivity index (χ0v) is 13.3. The summed E-state index contributed by atoms with van der Waals surface area (Å²) in [6.45, 7) is 5.49. The number of carbonyl (C=O) groups is 2. The first-order valence-electron chi connectivity index (χ1n) is 6.97. The van der Waals surface area contributed by atoms with E-state index < -0.39 is 11.5 Å². The Morgan fingerprint density at radius 3 is 2.36 bits per heavy atom. The number of carbonyl (C=O) groups excluding carboxylic acids is 2. The van der Waals surface area contributed by atoms with E-state index in [1.807, 2.05) is 13.8 Å². The SMILES string of the molecule is COC(=O)c1ccc(NCC(=O)N[C@@](C)(C#N)C(C)C)cc1. The molecule has 0 bridgehead atoms. The number of hydrogen-bond donors (Lipinski definition) is 2. The molecule has 1 rings (SSSR count). The number of rotatable bonds is 6. The largest absolute Gasteiger partial charge is 0.465 e. The fraction of sp³-hybridized carbons (Fsp3) is 0.438. The van der Waals surface area contributed by atoms with Crippen molar-refractivity contribution in [2.24, 2.45) is 5.92 Å². The molecule has 0 aliphatic rings. The van der Waals surface area contributed by atoms with Crippen molar-refractivity contribution in [2.75, 3.05) is 19.0 Å². The van der Waals surface area contributed by atoms with Gasteiger partial charge in [-0.2, -0.15) is 5.26 Å². The van der Waals surface area contributed by atoms with Gasteiger partial charge in [-0.1, -0.05) is 13.8 Å². The summed E-state index contributed by atoms with van der Waals surface area (Å²) in [6.07, 6.45) is 0. The predicted octanol–water partition coefficient (Wildman–Crippen LogP) is 1.94. The molecule has 6 heteroatoms. The van der Waals surface area contributed by atoms with Gasteiger partial charge in [-0.05, 0) is 37.1 Å². The van der Waals surface area contributed by atoms with E-state index in [4.69, 9.17) is 5.26 Å². The van der Waals surface area contributed by atoms with Gasteiger partial charge in [0.2, 0.25) is 5.91 Å². The molecule has 0 aromatic heterocycles. The van der Waals surface area contributed by atoms with Crippen molar-refractivity contribution in [3.8, 4) is 6.07 Å². The van der Waals surface area contributed by atoms with Crippen LogP contribution >= 0.6 is 0 Å². The van der Waals surface area contributed by atoms with Crippen molar-refractivity contribution in [3.63, 3.8) is 0 Å². The highest BCUT2D eigenvalue weighted by atomic mass is 16.5. The summed E-state index contributed by atoms with van der Waals surface area (Å²) in [5.74, 6) is -0.679. The number of methoxy groups -OCH3 is 1. The number of esters is 1. The highest BCUT2D eigenvalue weighted by Crippen LogP contribution is 2.15. The van der Waals surface area contributed by atoms with Crippen LogP contribution in [-0.2, 0) is 9.53 Å². The first-order chi connectivity index (χ1) is 10.3. The maximum atomic E-state index is 11.9. The number of nitriles is 1. The van der Waals surface area contributed by atoms with E-state index in [0.29, 0.717) is 11.3 Å². The minimum atomic E-state index is -0.895. The maximum absolute atomic E-state index is 11.9. The van der Waals surface area contributed by atoms with E-state index in [2.05, 4.69) is 21.4 Å². The van der Waals surface area contributed by atoms with Gasteiger partial charge >= 0.3 is 5.97 Å². The highest BCUT2D eigenvalue weighted by molar-refractivity contribution is 5.89. The summed E-state index contributed by atoms with van der Waals surface area (Å²) in [5.41, 5.74) is 0.244. The number of hydrogen-bond acceptors (Lipinski definition) is 5. The molecule has 2 N–H and O–H groups in total. The van der Waals surface area contributed by atoms with Gasteiger partial charge in [0.15, 0.2) is 0 Å². The number of anilines is 1. The third kappa shape index (κ3) is 4.48. The first-order valence-corrected chi connectivity index (χ1v) is 6.97. The second kappa shape index (κ2) is 7.46. The van der Waals surface area contributed by atoms with Crippen molar-refractivity contribution < 1.29 is 14.3 Å². The minimum Gasteiger partial charge on any atom is -0.465 e. The molecule has 0 spiro atoms. The van der Waals surface area contributed by atoms with E-state index >= 15 is 0 Å². The van der Waals surface area contributed by atoms with Gasteiger partial charge in [0.25, 0.3) is 0 Å². The lowest BCUT2D eigenvalue weighted by Crippen LogP contribution is -2.50. The summed E-state index contributed by atoms with van der Waals surface area (Å²) in [4.78, 5) is 23.2. The van der Waals surface area contributed by atoms with Crippen LogP contribution in [0, 0.1) is 17.2 Å². The summed E-state index contributed by atoms with van der Waals surface area (Å²) < 4.78 is 4.61. The molecule has 0 aliphatic carbocycles. The van der Waals surface area contributed by atoms with Crippen molar-refractivity contribution in [3.05, 3.63) is 29.8 Å². The van der Waals surface area contributed by atoms with Crippen molar-refractivity contribution in [1.29, 1.82) is 5.26 Å². The Balaban J connectivity index is 2.58. The van der Waals surface area contributed by atoms with Crippen LogP contribution in [0.2, 0.25) is 0 Å². The van der Waals surface area contributed by atoms with E-state index in [1.165, 1.54) is 7.11 Å². The van der Waals surface area contributed by atoms with Crippen LogP contribution in [0.4, 0.5) is 5.69 Å².